The minimum atomic E-state index is -1.15. The van der Waals surface area contributed by atoms with Crippen LogP contribution in [0, 0.1) is 0 Å². The zero-order chi connectivity index (χ0) is 43.1. The number of nitrogens with two attached hydrogens (primary N) is 3. The van der Waals surface area contributed by atoms with E-state index in [4.69, 9.17) is 21.9 Å². The third-order valence-corrected chi connectivity index (χ3v) is 10.2. The summed E-state index contributed by atoms with van der Waals surface area (Å²) >= 11 is 0. The molecule has 1 heterocycles. The molecule has 0 spiro atoms. The van der Waals surface area contributed by atoms with Crippen molar-refractivity contribution in [3.63, 3.8) is 0 Å². The molecule has 1 saturated heterocycles. The van der Waals surface area contributed by atoms with Crippen LogP contribution in [0.15, 0.2) is 90.5 Å². The molecule has 6 amide bonds. The molecule has 2 aromatic carbocycles. The maximum absolute atomic E-state index is 14.0. The summed E-state index contributed by atoms with van der Waals surface area (Å²) < 4.78 is 5.71. The Kier molecular flexibility index (Phi) is 16.8. The Bertz CT molecular complexity index is 1890. The van der Waals surface area contributed by atoms with Crippen molar-refractivity contribution in [3.05, 3.63) is 96.6 Å². The molecule has 1 fully saturated rings. The molecular formula is C43H57N9O7. The number of rotatable bonds is 21. The first-order valence-corrected chi connectivity index (χ1v) is 19.8. The van der Waals surface area contributed by atoms with Crippen molar-refractivity contribution in [3.8, 4) is 11.1 Å². The van der Waals surface area contributed by atoms with Crippen LogP contribution in [0.2, 0.25) is 0 Å². The Morgan fingerprint density at radius 3 is 2.00 bits per heavy atom. The predicted octanol–water partition coefficient (Wildman–Crippen LogP) is 2.39. The van der Waals surface area contributed by atoms with Gasteiger partial charge in [0, 0.05) is 19.0 Å². The van der Waals surface area contributed by atoms with Gasteiger partial charge in [0.1, 0.15) is 36.8 Å². The average Bonchev–Trinajstić information content (AvgIpc) is 3.82. The normalized spacial score (nSPS) is 16.1. The summed E-state index contributed by atoms with van der Waals surface area (Å²) in [5, 5.41) is 10.7. The second-order valence-electron chi connectivity index (χ2n) is 14.8. The number of alkyl carbamates (subject to hydrolysis) is 1. The number of nitrogens with zero attached hydrogens (tertiary/aromatic N) is 2. The zero-order valence-corrected chi connectivity index (χ0v) is 33.8. The van der Waals surface area contributed by atoms with E-state index in [2.05, 4.69) is 39.4 Å². The number of carbonyl (C=O) groups is 6. The van der Waals surface area contributed by atoms with E-state index in [-0.39, 0.29) is 57.3 Å². The number of ether oxygens (including phenoxy) is 1. The SMILES string of the molecule is C=CC[C@H](NC(=O)[C@H](CCCN=C(N)N)NC(=O)[C@H](CC=C(C)C)NC(=O)C1CCCN1C(=O)[C@H](CC=C)NC(=O)OCC1c2ccccc2-c2ccccc21)C(N)=O. The molecule has 16 nitrogen and oxygen atoms in total. The van der Waals surface area contributed by atoms with Gasteiger partial charge in [-0.3, -0.25) is 29.0 Å². The van der Waals surface area contributed by atoms with Crippen LogP contribution in [0.1, 0.15) is 75.8 Å². The molecule has 4 rings (SSSR count). The van der Waals surface area contributed by atoms with Crippen LogP contribution in [-0.4, -0.2) is 96.4 Å². The maximum atomic E-state index is 14.0. The highest BCUT2D eigenvalue weighted by Crippen LogP contribution is 2.44. The number of carbonyl (C=O) groups excluding carboxylic acids is 6. The second-order valence-corrected chi connectivity index (χ2v) is 14.8. The van der Waals surface area contributed by atoms with Gasteiger partial charge in [-0.05, 0) is 81.0 Å². The van der Waals surface area contributed by atoms with Crippen molar-refractivity contribution in [2.24, 2.45) is 22.2 Å². The standard InChI is InChI=1S/C43H57N9O7/c1-5-13-32(37(44)53)48-38(54)33(19-11-23-47-42(45)46)49-39(55)34(22-21-26(3)4)50-40(56)36-20-12-24-52(36)41(57)35(14-6-2)51-43(58)59-25-31-29-17-9-7-15-27(29)28-16-8-10-18-30(28)31/h5-10,15-18,21,31-36H,1-2,11-14,19-20,22-25H2,3-4H3,(H2,44,53)(H,48,54)(H,49,55)(H,50,56)(H,51,58)(H4,45,46,47)/t32-,33-,34-,35-,36?/m0/s1. The number of aliphatic imine (C=N–C) groups is 1. The molecule has 316 valence electrons. The van der Waals surface area contributed by atoms with E-state index in [9.17, 15) is 28.8 Å². The van der Waals surface area contributed by atoms with Crippen molar-refractivity contribution in [1.29, 1.82) is 0 Å². The first kappa shape index (κ1) is 45.3. The quantitative estimate of drug-likeness (QED) is 0.0422. The van der Waals surface area contributed by atoms with Crippen LogP contribution < -0.4 is 38.5 Å². The third-order valence-electron chi connectivity index (χ3n) is 10.2. The number of hydrogen-bond acceptors (Lipinski definition) is 8. The molecular weight excluding hydrogens is 755 g/mol. The molecule has 1 aliphatic heterocycles. The lowest BCUT2D eigenvalue weighted by atomic mass is 9.98. The minimum Gasteiger partial charge on any atom is -0.449 e. The number of likely N-dealkylation sites (tertiary alicyclic amines) is 1. The van der Waals surface area contributed by atoms with Crippen LogP contribution in [0.3, 0.4) is 0 Å². The van der Waals surface area contributed by atoms with Gasteiger partial charge in [-0.25, -0.2) is 4.79 Å². The Hall–Kier alpha value is -6.45. The van der Waals surface area contributed by atoms with Crippen LogP contribution in [0.25, 0.3) is 11.1 Å². The van der Waals surface area contributed by atoms with E-state index in [1.165, 1.54) is 17.1 Å². The Labute approximate surface area is 345 Å². The van der Waals surface area contributed by atoms with Crippen molar-refractivity contribution >= 4 is 41.6 Å². The van der Waals surface area contributed by atoms with E-state index < -0.39 is 65.8 Å². The monoisotopic (exact) mass is 811 g/mol. The topological polar surface area (TPSA) is 253 Å². The number of benzene rings is 2. The zero-order valence-electron chi connectivity index (χ0n) is 33.8. The fraction of sp³-hybridized carbons (Fsp3) is 0.419. The number of nitrogens with one attached hydrogen (secondary N) is 4. The van der Waals surface area contributed by atoms with Gasteiger partial charge in [-0.15, -0.1) is 13.2 Å². The molecule has 0 bridgehead atoms. The fourth-order valence-corrected chi connectivity index (χ4v) is 7.26. The number of hydrogen-bond donors (Lipinski definition) is 7. The summed E-state index contributed by atoms with van der Waals surface area (Å²) in [6.45, 7) is 11.5. The summed E-state index contributed by atoms with van der Waals surface area (Å²) in [6, 6.07) is 10.5. The highest BCUT2D eigenvalue weighted by atomic mass is 16.5. The van der Waals surface area contributed by atoms with Gasteiger partial charge in [0.15, 0.2) is 5.96 Å². The molecule has 16 heteroatoms. The average molecular weight is 812 g/mol. The first-order valence-electron chi connectivity index (χ1n) is 19.8. The Morgan fingerprint density at radius 2 is 1.41 bits per heavy atom. The summed E-state index contributed by atoms with van der Waals surface area (Å²) in [6.07, 6.45) is 5.34. The molecule has 10 N–H and O–H groups in total. The van der Waals surface area contributed by atoms with E-state index in [0.29, 0.717) is 19.3 Å². The maximum Gasteiger partial charge on any atom is 0.407 e. The number of fused-ring (bicyclic) bond motifs is 3. The van der Waals surface area contributed by atoms with Gasteiger partial charge < -0.3 is 48.1 Å². The molecule has 5 atom stereocenters. The number of amides is 6. The van der Waals surface area contributed by atoms with Gasteiger partial charge in [-0.2, -0.15) is 0 Å². The molecule has 0 aromatic heterocycles. The van der Waals surface area contributed by atoms with Crippen molar-refractivity contribution in [2.45, 2.75) is 94.9 Å². The van der Waals surface area contributed by atoms with Gasteiger partial charge in [0.05, 0.1) is 0 Å². The van der Waals surface area contributed by atoms with Gasteiger partial charge >= 0.3 is 6.09 Å². The fourth-order valence-electron chi connectivity index (χ4n) is 7.26. The second kappa shape index (κ2) is 21.9. The van der Waals surface area contributed by atoms with Crippen LogP contribution in [-0.2, 0) is 28.7 Å². The van der Waals surface area contributed by atoms with E-state index >= 15 is 0 Å². The van der Waals surface area contributed by atoms with E-state index in [1.807, 2.05) is 62.4 Å². The summed E-state index contributed by atoms with van der Waals surface area (Å²) in [4.78, 5) is 85.7. The van der Waals surface area contributed by atoms with E-state index in [0.717, 1.165) is 27.8 Å². The van der Waals surface area contributed by atoms with E-state index in [1.54, 1.807) is 6.08 Å². The first-order chi connectivity index (χ1) is 28.2. The molecule has 0 saturated carbocycles. The van der Waals surface area contributed by atoms with Crippen LogP contribution in [0.4, 0.5) is 4.79 Å². The molecule has 2 aromatic rings. The van der Waals surface area contributed by atoms with Crippen molar-refractivity contribution in [2.75, 3.05) is 19.7 Å². The molecule has 2 aliphatic rings. The molecule has 59 heavy (non-hydrogen) atoms. The molecule has 1 aliphatic carbocycles. The minimum absolute atomic E-state index is 0.0536. The summed E-state index contributed by atoms with van der Waals surface area (Å²) in [5.41, 5.74) is 21.5. The summed E-state index contributed by atoms with van der Waals surface area (Å²) in [5.74, 6) is -3.52. The van der Waals surface area contributed by atoms with Crippen LogP contribution >= 0.6 is 0 Å². The van der Waals surface area contributed by atoms with Gasteiger partial charge in [-0.1, -0.05) is 72.3 Å². The highest BCUT2D eigenvalue weighted by molar-refractivity contribution is 5.96. The smallest absolute Gasteiger partial charge is 0.407 e. The predicted molar refractivity (Wildman–Crippen MR) is 225 cm³/mol. The lowest BCUT2D eigenvalue weighted by Crippen LogP contribution is -2.58. The molecule has 0 radical (unpaired) electrons. The van der Waals surface area contributed by atoms with Crippen molar-refractivity contribution in [1.82, 2.24) is 26.2 Å². The number of guanidine groups is 1. The Balaban J connectivity index is 1.44. The number of allylic oxidation sites excluding steroid dienone is 1. The third kappa shape index (κ3) is 12.5. The number of primary amides is 1. The Morgan fingerprint density at radius 1 is 0.814 bits per heavy atom. The van der Waals surface area contributed by atoms with Gasteiger partial charge in [0.2, 0.25) is 29.5 Å². The van der Waals surface area contributed by atoms with Gasteiger partial charge in [0.25, 0.3) is 0 Å². The highest BCUT2D eigenvalue weighted by Gasteiger charge is 2.39. The summed E-state index contributed by atoms with van der Waals surface area (Å²) in [7, 11) is 0. The largest absolute Gasteiger partial charge is 0.449 e. The lowest BCUT2D eigenvalue weighted by Gasteiger charge is -2.30. The lowest BCUT2D eigenvalue weighted by molar-refractivity contribution is -0.141. The van der Waals surface area contributed by atoms with Crippen LogP contribution in [0.5, 0.6) is 0 Å². The molecule has 1 unspecified atom stereocenters. The van der Waals surface area contributed by atoms with Crippen molar-refractivity contribution < 1.29 is 33.5 Å².